The monoisotopic (exact) mass is 371 g/mol. The summed E-state index contributed by atoms with van der Waals surface area (Å²) in [5.41, 5.74) is -0.495. The average Bonchev–Trinajstić information content (AvgIpc) is 2.53. The van der Waals surface area contributed by atoms with Gasteiger partial charge >= 0.3 is 6.09 Å². The molecule has 0 unspecified atom stereocenters. The van der Waals surface area contributed by atoms with Gasteiger partial charge in [-0.15, -0.1) is 0 Å². The number of rotatable bonds is 4. The predicted octanol–water partition coefficient (Wildman–Crippen LogP) is 5.18. The van der Waals surface area contributed by atoms with Crippen molar-refractivity contribution in [3.05, 3.63) is 34.6 Å². The molecule has 0 saturated carbocycles. The van der Waals surface area contributed by atoms with Gasteiger partial charge in [-0.1, -0.05) is 24.6 Å². The highest BCUT2D eigenvalue weighted by Gasteiger charge is 2.37. The maximum absolute atomic E-state index is 13.9. The van der Waals surface area contributed by atoms with Crippen LogP contribution in [-0.4, -0.2) is 35.3 Å². The van der Waals surface area contributed by atoms with Gasteiger partial charge in [0.05, 0.1) is 12.2 Å². The van der Waals surface area contributed by atoms with Gasteiger partial charge in [0.25, 0.3) is 0 Å². The lowest BCUT2D eigenvalue weighted by Crippen LogP contribution is -2.49. The van der Waals surface area contributed by atoms with Crippen LogP contribution in [-0.2, 0) is 16.1 Å². The number of hydrogen-bond donors (Lipinski definition) is 0. The fraction of sp³-hybridized carbons (Fsp3) is 0.632. The molecule has 0 atom stereocenters. The van der Waals surface area contributed by atoms with Crippen LogP contribution in [0.5, 0.6) is 0 Å². The summed E-state index contributed by atoms with van der Waals surface area (Å²) in [7, 11) is 0. The van der Waals surface area contributed by atoms with Crippen LogP contribution in [0.2, 0.25) is 5.02 Å². The summed E-state index contributed by atoms with van der Waals surface area (Å²) in [4.78, 5) is 13.9. The fourth-order valence-electron chi connectivity index (χ4n) is 2.92. The summed E-state index contributed by atoms with van der Waals surface area (Å²) in [5.74, 6) is -0.357. The molecule has 4 nitrogen and oxygen atoms in total. The van der Waals surface area contributed by atoms with Gasteiger partial charge in [-0.05, 0) is 52.2 Å². The molecule has 1 heterocycles. The molecule has 1 aromatic rings. The summed E-state index contributed by atoms with van der Waals surface area (Å²) in [5, 5.41) is 0.373. The van der Waals surface area contributed by atoms with E-state index in [-0.39, 0.29) is 24.1 Å². The zero-order chi connectivity index (χ0) is 18.7. The first kappa shape index (κ1) is 20.0. The van der Waals surface area contributed by atoms with E-state index in [2.05, 4.69) is 0 Å². The van der Waals surface area contributed by atoms with Gasteiger partial charge in [-0.3, -0.25) is 0 Å². The van der Waals surface area contributed by atoms with Gasteiger partial charge in [0, 0.05) is 23.7 Å². The Morgan fingerprint density at radius 3 is 2.48 bits per heavy atom. The third-order valence-electron chi connectivity index (χ3n) is 4.56. The second-order valence-corrected chi connectivity index (χ2v) is 7.90. The molecular weight excluding hydrogens is 345 g/mol. The van der Waals surface area contributed by atoms with Crippen molar-refractivity contribution in [1.82, 2.24) is 4.90 Å². The van der Waals surface area contributed by atoms with E-state index in [1.165, 1.54) is 6.07 Å². The molecule has 140 valence electrons. The summed E-state index contributed by atoms with van der Waals surface area (Å²) in [6, 6.07) is 4.62. The molecule has 1 aliphatic rings. The lowest BCUT2D eigenvalue weighted by atomic mass is 9.88. The number of nitrogens with zero attached hydrogens (tertiary/aromatic N) is 1. The minimum Gasteiger partial charge on any atom is -0.444 e. The number of carbonyl (C=O) groups is 1. The smallest absolute Gasteiger partial charge is 0.410 e. The van der Waals surface area contributed by atoms with Crippen LogP contribution in [0.25, 0.3) is 0 Å². The Morgan fingerprint density at radius 2 is 1.96 bits per heavy atom. The van der Waals surface area contributed by atoms with Crippen LogP contribution < -0.4 is 0 Å². The number of carbonyl (C=O) groups excluding carboxylic acids is 1. The van der Waals surface area contributed by atoms with Gasteiger partial charge in [0.15, 0.2) is 0 Å². The minimum absolute atomic E-state index is 0.131. The topological polar surface area (TPSA) is 38.8 Å². The van der Waals surface area contributed by atoms with E-state index in [9.17, 15) is 9.18 Å². The second-order valence-electron chi connectivity index (χ2n) is 7.49. The summed E-state index contributed by atoms with van der Waals surface area (Å²) in [6.45, 7) is 8.87. The first-order chi connectivity index (χ1) is 11.7. The van der Waals surface area contributed by atoms with Crippen LogP contribution in [0.3, 0.4) is 0 Å². The molecule has 1 saturated heterocycles. The molecule has 0 bridgehead atoms. The number of halogens is 2. The quantitative estimate of drug-likeness (QED) is 0.732. The highest BCUT2D eigenvalue weighted by molar-refractivity contribution is 6.31. The summed E-state index contributed by atoms with van der Waals surface area (Å²) < 4.78 is 25.4. The molecule has 0 spiro atoms. The van der Waals surface area contributed by atoms with Crippen LogP contribution >= 0.6 is 11.6 Å². The predicted molar refractivity (Wildman–Crippen MR) is 96.3 cm³/mol. The van der Waals surface area contributed by atoms with E-state index in [0.29, 0.717) is 36.5 Å². The third kappa shape index (κ3) is 5.32. The highest BCUT2D eigenvalue weighted by atomic mass is 35.5. The van der Waals surface area contributed by atoms with E-state index in [0.717, 1.165) is 6.42 Å². The molecule has 0 aliphatic carbocycles. The molecule has 1 aliphatic heterocycles. The molecule has 0 radical (unpaired) electrons. The largest absolute Gasteiger partial charge is 0.444 e. The van der Waals surface area contributed by atoms with Crippen LogP contribution in [0, 0.1) is 5.82 Å². The van der Waals surface area contributed by atoms with E-state index < -0.39 is 5.60 Å². The van der Waals surface area contributed by atoms with Crippen LogP contribution in [0.1, 0.15) is 52.5 Å². The van der Waals surface area contributed by atoms with E-state index >= 15 is 0 Å². The fourth-order valence-corrected chi connectivity index (χ4v) is 3.14. The van der Waals surface area contributed by atoms with E-state index in [4.69, 9.17) is 21.1 Å². The lowest BCUT2D eigenvalue weighted by molar-refractivity contribution is -0.0960. The summed E-state index contributed by atoms with van der Waals surface area (Å²) in [6.07, 6.45) is 1.87. The Bertz CT molecular complexity index is 587. The number of ether oxygens (including phenoxy) is 2. The number of likely N-dealkylation sites (tertiary alicyclic amines) is 1. The van der Waals surface area contributed by atoms with E-state index in [1.807, 2.05) is 27.7 Å². The van der Waals surface area contributed by atoms with Crippen molar-refractivity contribution in [2.24, 2.45) is 0 Å². The molecule has 25 heavy (non-hydrogen) atoms. The first-order valence-electron chi connectivity index (χ1n) is 8.70. The molecule has 0 N–H and O–H groups in total. The maximum atomic E-state index is 13.9. The van der Waals surface area contributed by atoms with Gasteiger partial charge in [-0.25, -0.2) is 9.18 Å². The zero-order valence-corrected chi connectivity index (χ0v) is 16.2. The minimum atomic E-state index is -0.505. The number of benzene rings is 1. The number of amides is 1. The van der Waals surface area contributed by atoms with Crippen LogP contribution in [0.4, 0.5) is 9.18 Å². The summed E-state index contributed by atoms with van der Waals surface area (Å²) >= 11 is 6.07. The molecule has 6 heteroatoms. The molecule has 0 aromatic heterocycles. The van der Waals surface area contributed by atoms with Crippen molar-refractivity contribution >= 4 is 17.7 Å². The maximum Gasteiger partial charge on any atom is 0.410 e. The Hall–Kier alpha value is -1.33. The standard InChI is InChI=1S/C19H27ClFNO3/c1-5-19(24-13-14-15(20)7-6-8-16(14)21)9-11-22(12-10-19)17(23)25-18(2,3)4/h6-8H,5,9-13H2,1-4H3. The van der Waals surface area contributed by atoms with E-state index in [1.54, 1.807) is 17.0 Å². The molecule has 1 amide bonds. The normalized spacial score (nSPS) is 17.4. The molecular formula is C19H27ClFNO3. The number of piperidine rings is 1. The Morgan fingerprint density at radius 1 is 1.32 bits per heavy atom. The SMILES string of the molecule is CCC1(OCc2c(F)cccc2Cl)CCN(C(=O)OC(C)(C)C)CC1. The second kappa shape index (κ2) is 7.92. The molecule has 1 aromatic carbocycles. The average molecular weight is 372 g/mol. The highest BCUT2D eigenvalue weighted by Crippen LogP contribution is 2.32. The molecule has 1 fully saturated rings. The van der Waals surface area contributed by atoms with Crippen molar-refractivity contribution in [3.63, 3.8) is 0 Å². The van der Waals surface area contributed by atoms with Crippen molar-refractivity contribution in [2.75, 3.05) is 13.1 Å². The van der Waals surface area contributed by atoms with Gasteiger partial charge in [0.1, 0.15) is 11.4 Å². The van der Waals surface area contributed by atoms with Gasteiger partial charge < -0.3 is 14.4 Å². The Labute approximate surface area is 154 Å². The Balaban J connectivity index is 1.96. The van der Waals surface area contributed by atoms with Crippen molar-refractivity contribution in [3.8, 4) is 0 Å². The first-order valence-corrected chi connectivity index (χ1v) is 9.08. The van der Waals surface area contributed by atoms with Gasteiger partial charge in [-0.2, -0.15) is 0 Å². The number of hydrogen-bond acceptors (Lipinski definition) is 3. The van der Waals surface area contributed by atoms with Crippen molar-refractivity contribution in [1.29, 1.82) is 0 Å². The zero-order valence-electron chi connectivity index (χ0n) is 15.4. The van der Waals surface area contributed by atoms with Crippen molar-refractivity contribution < 1.29 is 18.7 Å². The Kier molecular flexibility index (Phi) is 6.33. The van der Waals surface area contributed by atoms with Crippen LogP contribution in [0.15, 0.2) is 18.2 Å². The molecule has 2 rings (SSSR count). The third-order valence-corrected chi connectivity index (χ3v) is 4.91. The van der Waals surface area contributed by atoms with Crippen molar-refractivity contribution in [2.45, 2.75) is 64.8 Å². The van der Waals surface area contributed by atoms with Gasteiger partial charge in [0.2, 0.25) is 0 Å². The lowest BCUT2D eigenvalue weighted by Gasteiger charge is -2.41.